The molecule has 5 rings (SSSR count). The predicted molar refractivity (Wildman–Crippen MR) is 115 cm³/mol. The van der Waals surface area contributed by atoms with Crippen LogP contribution >= 0.6 is 0 Å². The second kappa shape index (κ2) is 8.18. The molecule has 1 N–H and O–H groups in total. The summed E-state index contributed by atoms with van der Waals surface area (Å²) in [6.45, 7) is 1.52. The molecule has 152 valence electrons. The van der Waals surface area contributed by atoms with Crippen LogP contribution in [-0.4, -0.2) is 37.0 Å². The maximum atomic E-state index is 12.0. The summed E-state index contributed by atoms with van der Waals surface area (Å²) in [7, 11) is 0. The van der Waals surface area contributed by atoms with Crippen LogP contribution in [0.15, 0.2) is 49.1 Å². The molecule has 7 nitrogen and oxygen atoms in total. The van der Waals surface area contributed by atoms with Crippen molar-refractivity contribution in [3.05, 3.63) is 60.4 Å². The molecule has 3 heterocycles. The van der Waals surface area contributed by atoms with Crippen LogP contribution in [0.25, 0.3) is 22.1 Å². The Labute approximate surface area is 174 Å². The molecule has 1 amide bonds. The molecule has 7 heteroatoms. The number of carbonyl (C=O) groups excluding carboxylic acids is 1. The van der Waals surface area contributed by atoms with Crippen molar-refractivity contribution in [1.82, 2.24) is 29.8 Å². The minimum atomic E-state index is 0.211. The van der Waals surface area contributed by atoms with Crippen molar-refractivity contribution < 1.29 is 4.79 Å². The van der Waals surface area contributed by atoms with Gasteiger partial charge in [-0.2, -0.15) is 0 Å². The first-order chi connectivity index (χ1) is 14.8. The molecular weight excluding hydrogens is 376 g/mol. The summed E-state index contributed by atoms with van der Waals surface area (Å²) in [4.78, 5) is 30.0. The Kier molecular flexibility index (Phi) is 5.09. The Morgan fingerprint density at radius 2 is 1.97 bits per heavy atom. The van der Waals surface area contributed by atoms with Crippen molar-refractivity contribution >= 4 is 28.0 Å². The van der Waals surface area contributed by atoms with Crippen LogP contribution in [0.5, 0.6) is 0 Å². The lowest BCUT2D eigenvalue weighted by atomic mass is 9.85. The number of carbonyl (C=O) groups is 1. The van der Waals surface area contributed by atoms with E-state index in [1.165, 1.54) is 6.42 Å². The van der Waals surface area contributed by atoms with Crippen molar-refractivity contribution in [2.45, 2.75) is 38.6 Å². The number of hydrogen-bond donors (Lipinski definition) is 1. The molecule has 0 spiro atoms. The van der Waals surface area contributed by atoms with Gasteiger partial charge in [0, 0.05) is 55.6 Å². The van der Waals surface area contributed by atoms with Crippen molar-refractivity contribution in [3.63, 3.8) is 0 Å². The van der Waals surface area contributed by atoms with Crippen molar-refractivity contribution in [3.8, 4) is 0 Å². The Bertz CT molecular complexity index is 1200. The van der Waals surface area contributed by atoms with Crippen LogP contribution in [0.1, 0.15) is 37.1 Å². The standard InChI is InChI=1S/C23H24N6O/c30-23(17-3-1-4-17)26-8-2-11-29-12-7-18-15-27-21(28-22(18)29)14-16-5-6-19-20(13-16)25-10-9-24-19/h5-7,9-10,12-13,15,17H,1-4,8,11,14H2,(H,26,30). The highest BCUT2D eigenvalue weighted by molar-refractivity contribution is 5.79. The SMILES string of the molecule is O=C(NCCCn1ccc2cnc(Cc3ccc4nccnc4c3)nc21)C1CCC1. The van der Waals surface area contributed by atoms with Gasteiger partial charge in [-0.1, -0.05) is 12.5 Å². The van der Waals surface area contributed by atoms with E-state index in [9.17, 15) is 4.79 Å². The van der Waals surface area contributed by atoms with E-state index < -0.39 is 0 Å². The predicted octanol–water partition coefficient (Wildman–Crippen LogP) is 3.27. The van der Waals surface area contributed by atoms with Crippen molar-refractivity contribution in [1.29, 1.82) is 0 Å². The second-order valence-corrected chi connectivity index (χ2v) is 7.90. The summed E-state index contributed by atoms with van der Waals surface area (Å²) in [5.41, 5.74) is 3.81. The summed E-state index contributed by atoms with van der Waals surface area (Å²) in [6, 6.07) is 8.11. The zero-order valence-corrected chi connectivity index (χ0v) is 16.8. The first-order valence-corrected chi connectivity index (χ1v) is 10.5. The molecule has 1 fully saturated rings. The van der Waals surface area contributed by atoms with E-state index in [1.54, 1.807) is 12.4 Å². The van der Waals surface area contributed by atoms with Gasteiger partial charge in [0.2, 0.25) is 5.91 Å². The van der Waals surface area contributed by atoms with Crippen LogP contribution < -0.4 is 5.32 Å². The van der Waals surface area contributed by atoms with E-state index in [4.69, 9.17) is 4.98 Å². The number of benzene rings is 1. The molecule has 1 aromatic carbocycles. The van der Waals surface area contributed by atoms with E-state index in [-0.39, 0.29) is 11.8 Å². The van der Waals surface area contributed by atoms with E-state index in [0.717, 1.165) is 59.3 Å². The largest absolute Gasteiger partial charge is 0.356 e. The third kappa shape index (κ3) is 3.87. The topological polar surface area (TPSA) is 85.6 Å². The third-order valence-electron chi connectivity index (χ3n) is 5.80. The Morgan fingerprint density at radius 1 is 1.10 bits per heavy atom. The second-order valence-electron chi connectivity index (χ2n) is 7.90. The van der Waals surface area contributed by atoms with Gasteiger partial charge in [0.05, 0.1) is 11.0 Å². The summed E-state index contributed by atoms with van der Waals surface area (Å²) in [5.74, 6) is 1.24. The highest BCUT2D eigenvalue weighted by Gasteiger charge is 2.24. The first-order valence-electron chi connectivity index (χ1n) is 10.5. The number of aryl methyl sites for hydroxylation is 1. The number of hydrogen-bond acceptors (Lipinski definition) is 5. The van der Waals surface area contributed by atoms with E-state index >= 15 is 0 Å². The maximum absolute atomic E-state index is 12.0. The number of rotatable bonds is 7. The molecule has 1 saturated carbocycles. The molecule has 0 unspecified atom stereocenters. The molecule has 1 aliphatic carbocycles. The zero-order chi connectivity index (χ0) is 20.3. The van der Waals surface area contributed by atoms with Gasteiger partial charge in [-0.15, -0.1) is 0 Å². The van der Waals surface area contributed by atoms with E-state index in [2.05, 4.69) is 30.9 Å². The molecule has 1 aliphatic rings. The minimum Gasteiger partial charge on any atom is -0.356 e. The highest BCUT2D eigenvalue weighted by Crippen LogP contribution is 2.26. The molecule has 3 aromatic heterocycles. The number of fused-ring (bicyclic) bond motifs is 2. The van der Waals surface area contributed by atoms with Gasteiger partial charge < -0.3 is 9.88 Å². The lowest BCUT2D eigenvalue weighted by molar-refractivity contribution is -0.127. The quantitative estimate of drug-likeness (QED) is 0.481. The summed E-state index contributed by atoms with van der Waals surface area (Å²) >= 11 is 0. The van der Waals surface area contributed by atoms with Crippen LogP contribution in [-0.2, 0) is 17.8 Å². The lowest BCUT2D eigenvalue weighted by Gasteiger charge is -2.24. The van der Waals surface area contributed by atoms with Gasteiger partial charge in [-0.05, 0) is 43.0 Å². The van der Waals surface area contributed by atoms with Gasteiger partial charge in [0.15, 0.2) is 0 Å². The average Bonchev–Trinajstić information content (AvgIpc) is 3.12. The summed E-state index contributed by atoms with van der Waals surface area (Å²) < 4.78 is 2.14. The van der Waals surface area contributed by atoms with Crippen molar-refractivity contribution in [2.75, 3.05) is 6.54 Å². The van der Waals surface area contributed by atoms with Crippen LogP contribution in [0.3, 0.4) is 0 Å². The fourth-order valence-corrected chi connectivity index (χ4v) is 3.85. The number of nitrogens with one attached hydrogen (secondary N) is 1. The van der Waals surface area contributed by atoms with Gasteiger partial charge in [-0.25, -0.2) is 9.97 Å². The van der Waals surface area contributed by atoms with Crippen LogP contribution in [0.2, 0.25) is 0 Å². The number of amides is 1. The normalized spacial score (nSPS) is 14.1. The van der Waals surface area contributed by atoms with Crippen LogP contribution in [0.4, 0.5) is 0 Å². The summed E-state index contributed by atoms with van der Waals surface area (Å²) in [6.07, 6.45) is 12.1. The molecule has 0 bridgehead atoms. The maximum Gasteiger partial charge on any atom is 0.223 e. The first kappa shape index (κ1) is 18.7. The Balaban J connectivity index is 1.25. The van der Waals surface area contributed by atoms with Gasteiger partial charge in [0.25, 0.3) is 0 Å². The van der Waals surface area contributed by atoms with E-state index in [1.807, 2.05) is 30.6 Å². The number of nitrogens with zero attached hydrogens (tertiary/aromatic N) is 5. The summed E-state index contributed by atoms with van der Waals surface area (Å²) in [5, 5.41) is 4.09. The number of aromatic nitrogens is 5. The molecule has 0 saturated heterocycles. The average molecular weight is 400 g/mol. The molecule has 0 radical (unpaired) electrons. The monoisotopic (exact) mass is 400 g/mol. The molecule has 30 heavy (non-hydrogen) atoms. The molecular formula is C23H24N6O. The molecule has 0 aliphatic heterocycles. The van der Waals surface area contributed by atoms with Crippen molar-refractivity contribution in [2.24, 2.45) is 5.92 Å². The fraction of sp³-hybridized carbons (Fsp3) is 0.348. The minimum absolute atomic E-state index is 0.211. The zero-order valence-electron chi connectivity index (χ0n) is 16.8. The molecule has 0 atom stereocenters. The van der Waals surface area contributed by atoms with Gasteiger partial charge >= 0.3 is 0 Å². The molecule has 4 aromatic rings. The van der Waals surface area contributed by atoms with Crippen LogP contribution in [0, 0.1) is 5.92 Å². The lowest BCUT2D eigenvalue weighted by Crippen LogP contribution is -2.35. The highest BCUT2D eigenvalue weighted by atomic mass is 16.1. The Morgan fingerprint density at radius 3 is 2.80 bits per heavy atom. The van der Waals surface area contributed by atoms with Gasteiger partial charge in [-0.3, -0.25) is 14.8 Å². The third-order valence-corrected chi connectivity index (χ3v) is 5.80. The fourth-order valence-electron chi connectivity index (χ4n) is 3.85. The van der Waals surface area contributed by atoms with Gasteiger partial charge in [0.1, 0.15) is 11.5 Å². The van der Waals surface area contributed by atoms with E-state index in [0.29, 0.717) is 13.0 Å². The smallest absolute Gasteiger partial charge is 0.223 e. The Hall–Kier alpha value is -3.35.